The lowest BCUT2D eigenvalue weighted by Gasteiger charge is -2.18. The summed E-state index contributed by atoms with van der Waals surface area (Å²) < 4.78 is 19.7. The van der Waals surface area contributed by atoms with E-state index in [4.69, 9.17) is 9.84 Å². The lowest BCUT2D eigenvalue weighted by molar-refractivity contribution is -0.137. The molecule has 0 heterocycles. The summed E-state index contributed by atoms with van der Waals surface area (Å²) in [6.07, 6.45) is 3.99. The van der Waals surface area contributed by atoms with Gasteiger partial charge in [-0.25, -0.2) is 9.18 Å². The number of ether oxygens (including phenoxy) is 1. The Hall–Kier alpha value is -2.31. The van der Waals surface area contributed by atoms with E-state index < -0.39 is 17.8 Å². The number of carboxylic acid groups (broad SMARTS) is 1. The van der Waals surface area contributed by atoms with Crippen LogP contribution in [0.3, 0.4) is 0 Å². The van der Waals surface area contributed by atoms with E-state index in [1.165, 1.54) is 24.1 Å². The van der Waals surface area contributed by atoms with Gasteiger partial charge in [-0.3, -0.25) is 4.79 Å². The van der Waals surface area contributed by atoms with Gasteiger partial charge in [0, 0.05) is 25.3 Å². The lowest BCUT2D eigenvalue weighted by Crippen LogP contribution is -2.33. The summed E-state index contributed by atoms with van der Waals surface area (Å²) in [5.41, 5.74) is 0.299. The van der Waals surface area contributed by atoms with Crippen LogP contribution >= 0.6 is 0 Å². The second kappa shape index (κ2) is 7.80. The van der Waals surface area contributed by atoms with Gasteiger partial charge in [0.15, 0.2) is 11.6 Å². The molecule has 1 aromatic carbocycles. The van der Waals surface area contributed by atoms with Crippen molar-refractivity contribution in [3.05, 3.63) is 24.0 Å². The van der Waals surface area contributed by atoms with Crippen LogP contribution in [0.15, 0.2) is 18.2 Å². The summed E-state index contributed by atoms with van der Waals surface area (Å²) in [7, 11) is 1.48. The van der Waals surface area contributed by atoms with Crippen LogP contribution in [-0.4, -0.2) is 41.7 Å². The molecule has 0 atom stereocenters. The number of amides is 2. The van der Waals surface area contributed by atoms with Gasteiger partial charge in [-0.15, -0.1) is 0 Å². The second-order valence-corrected chi connectivity index (χ2v) is 5.66. The molecule has 23 heavy (non-hydrogen) atoms. The van der Waals surface area contributed by atoms with Crippen LogP contribution in [0.1, 0.15) is 32.1 Å². The Morgan fingerprint density at radius 2 is 2.09 bits per heavy atom. The molecule has 0 spiro atoms. The van der Waals surface area contributed by atoms with Gasteiger partial charge in [0.2, 0.25) is 0 Å². The molecule has 0 saturated heterocycles. The first kappa shape index (κ1) is 17.1. The number of nitrogens with zero attached hydrogens (tertiary/aromatic N) is 1. The largest absolute Gasteiger partial charge is 0.487 e. The fourth-order valence-corrected chi connectivity index (χ4v) is 2.44. The molecule has 1 aromatic rings. The van der Waals surface area contributed by atoms with Crippen molar-refractivity contribution in [2.45, 2.75) is 38.2 Å². The van der Waals surface area contributed by atoms with Crippen molar-refractivity contribution >= 4 is 17.7 Å². The van der Waals surface area contributed by atoms with Crippen molar-refractivity contribution in [1.82, 2.24) is 4.90 Å². The van der Waals surface area contributed by atoms with Crippen molar-refractivity contribution in [1.29, 1.82) is 0 Å². The Balaban J connectivity index is 1.91. The molecule has 0 aromatic heterocycles. The standard InChI is InChI=1S/C16H21FN2O4/c1-19(9-8-15(20)21)16(22)18-11-6-7-14(13(17)10-11)23-12-4-2-3-5-12/h6-7,10,12H,2-5,8-9H2,1H3,(H,18,22)(H,20,21). The average molecular weight is 324 g/mol. The lowest BCUT2D eigenvalue weighted by atomic mass is 10.2. The molecule has 0 aliphatic heterocycles. The Morgan fingerprint density at radius 1 is 1.39 bits per heavy atom. The fraction of sp³-hybridized carbons (Fsp3) is 0.500. The molecule has 1 aliphatic carbocycles. The van der Waals surface area contributed by atoms with Gasteiger partial charge >= 0.3 is 12.0 Å². The minimum Gasteiger partial charge on any atom is -0.487 e. The maximum absolute atomic E-state index is 14.0. The first-order valence-corrected chi connectivity index (χ1v) is 7.66. The van der Waals surface area contributed by atoms with E-state index in [-0.39, 0.29) is 24.8 Å². The third kappa shape index (κ3) is 5.12. The summed E-state index contributed by atoms with van der Waals surface area (Å²) in [5.74, 6) is -1.32. The quantitative estimate of drug-likeness (QED) is 0.843. The Morgan fingerprint density at radius 3 is 2.70 bits per heavy atom. The molecule has 0 unspecified atom stereocenters. The van der Waals surface area contributed by atoms with E-state index in [2.05, 4.69) is 5.32 Å². The normalized spacial score (nSPS) is 14.5. The molecule has 1 aliphatic rings. The van der Waals surface area contributed by atoms with Crippen molar-refractivity contribution in [2.24, 2.45) is 0 Å². The highest BCUT2D eigenvalue weighted by Crippen LogP contribution is 2.27. The van der Waals surface area contributed by atoms with Crippen molar-refractivity contribution in [3.63, 3.8) is 0 Å². The third-order valence-corrected chi connectivity index (χ3v) is 3.79. The molecule has 126 valence electrons. The van der Waals surface area contributed by atoms with Gasteiger partial charge in [-0.05, 0) is 37.8 Å². The second-order valence-electron chi connectivity index (χ2n) is 5.66. The highest BCUT2D eigenvalue weighted by atomic mass is 19.1. The van der Waals surface area contributed by atoms with E-state index >= 15 is 0 Å². The molecule has 7 heteroatoms. The van der Waals surface area contributed by atoms with Gasteiger partial charge in [0.05, 0.1) is 12.5 Å². The van der Waals surface area contributed by atoms with Gasteiger partial charge in [-0.2, -0.15) is 0 Å². The molecule has 6 nitrogen and oxygen atoms in total. The van der Waals surface area contributed by atoms with E-state index in [1.807, 2.05) is 0 Å². The number of nitrogens with one attached hydrogen (secondary N) is 1. The summed E-state index contributed by atoms with van der Waals surface area (Å²) in [6.45, 7) is 0.0759. The number of hydrogen-bond acceptors (Lipinski definition) is 3. The Kier molecular flexibility index (Phi) is 5.78. The van der Waals surface area contributed by atoms with E-state index in [1.54, 1.807) is 6.07 Å². The number of carbonyl (C=O) groups excluding carboxylic acids is 1. The van der Waals surface area contributed by atoms with Gasteiger partial charge in [0.25, 0.3) is 0 Å². The van der Waals surface area contributed by atoms with Crippen LogP contribution in [0.4, 0.5) is 14.9 Å². The molecule has 2 rings (SSSR count). The maximum Gasteiger partial charge on any atom is 0.321 e. The minimum absolute atomic E-state index is 0.0621. The zero-order valence-electron chi connectivity index (χ0n) is 13.0. The average Bonchev–Trinajstić information content (AvgIpc) is 3.00. The first-order chi connectivity index (χ1) is 11.0. The molecule has 2 N–H and O–H groups in total. The molecular formula is C16H21FN2O4. The van der Waals surface area contributed by atoms with Crippen LogP contribution in [0.5, 0.6) is 5.75 Å². The number of urea groups is 1. The summed E-state index contributed by atoms with van der Waals surface area (Å²) in [6, 6.07) is 3.78. The molecule has 0 bridgehead atoms. The minimum atomic E-state index is -0.982. The summed E-state index contributed by atoms with van der Waals surface area (Å²) >= 11 is 0. The fourth-order valence-electron chi connectivity index (χ4n) is 2.44. The predicted octanol–water partition coefficient (Wildman–Crippen LogP) is 3.09. The van der Waals surface area contributed by atoms with Crippen molar-refractivity contribution in [3.8, 4) is 5.75 Å². The summed E-state index contributed by atoms with van der Waals surface area (Å²) in [5, 5.41) is 11.1. The Labute approximate surface area is 134 Å². The van der Waals surface area contributed by atoms with Crippen molar-refractivity contribution < 1.29 is 23.8 Å². The third-order valence-electron chi connectivity index (χ3n) is 3.79. The number of carbonyl (C=O) groups is 2. The highest BCUT2D eigenvalue weighted by molar-refractivity contribution is 5.89. The highest BCUT2D eigenvalue weighted by Gasteiger charge is 2.18. The van der Waals surface area contributed by atoms with E-state index in [0.29, 0.717) is 5.69 Å². The van der Waals surface area contributed by atoms with E-state index in [9.17, 15) is 14.0 Å². The first-order valence-electron chi connectivity index (χ1n) is 7.66. The summed E-state index contributed by atoms with van der Waals surface area (Å²) in [4.78, 5) is 23.6. The van der Waals surface area contributed by atoms with E-state index in [0.717, 1.165) is 25.7 Å². The number of rotatable bonds is 6. The van der Waals surface area contributed by atoms with Crippen LogP contribution in [0.2, 0.25) is 0 Å². The predicted molar refractivity (Wildman–Crippen MR) is 83.2 cm³/mol. The van der Waals surface area contributed by atoms with Gasteiger partial charge in [-0.1, -0.05) is 0 Å². The van der Waals surface area contributed by atoms with Crippen LogP contribution in [-0.2, 0) is 4.79 Å². The molecule has 1 fully saturated rings. The molecule has 0 radical (unpaired) electrons. The maximum atomic E-state index is 14.0. The van der Waals surface area contributed by atoms with Gasteiger partial charge in [0.1, 0.15) is 0 Å². The SMILES string of the molecule is CN(CCC(=O)O)C(=O)Nc1ccc(OC2CCCC2)c(F)c1. The van der Waals surface area contributed by atoms with Crippen LogP contribution in [0.25, 0.3) is 0 Å². The van der Waals surface area contributed by atoms with Gasteiger partial charge < -0.3 is 20.1 Å². The smallest absolute Gasteiger partial charge is 0.321 e. The van der Waals surface area contributed by atoms with Crippen LogP contribution in [0, 0.1) is 5.82 Å². The number of hydrogen-bond donors (Lipinski definition) is 2. The number of aliphatic carboxylic acids is 1. The van der Waals surface area contributed by atoms with Crippen LogP contribution < -0.4 is 10.1 Å². The number of halogens is 1. The number of carboxylic acids is 1. The van der Waals surface area contributed by atoms with Crippen molar-refractivity contribution in [2.75, 3.05) is 18.9 Å². The zero-order valence-corrected chi connectivity index (χ0v) is 13.0. The molecule has 2 amide bonds. The zero-order chi connectivity index (χ0) is 16.8. The topological polar surface area (TPSA) is 78.9 Å². The molecule has 1 saturated carbocycles. The Bertz CT molecular complexity index is 573. The monoisotopic (exact) mass is 324 g/mol. The number of anilines is 1. The molecular weight excluding hydrogens is 303 g/mol. The number of benzene rings is 1.